The van der Waals surface area contributed by atoms with Crippen molar-refractivity contribution in [3.8, 4) is 0 Å². The highest BCUT2D eigenvalue weighted by molar-refractivity contribution is 5.37. The quantitative estimate of drug-likeness (QED) is 0.890. The van der Waals surface area contributed by atoms with Crippen LogP contribution >= 0.6 is 0 Å². The highest BCUT2D eigenvalue weighted by Gasteiger charge is 2.13. The predicted octanol–water partition coefficient (Wildman–Crippen LogP) is 3.89. The molecule has 0 saturated carbocycles. The molecule has 0 aliphatic rings. The van der Waals surface area contributed by atoms with Crippen LogP contribution in [0.3, 0.4) is 0 Å². The number of aromatic nitrogens is 1. The minimum atomic E-state index is 0.143. The summed E-state index contributed by atoms with van der Waals surface area (Å²) in [4.78, 5) is 4.41. The van der Waals surface area contributed by atoms with Crippen molar-refractivity contribution < 1.29 is 4.42 Å². The molecule has 3 heteroatoms. The third-order valence-corrected chi connectivity index (χ3v) is 2.87. The predicted molar refractivity (Wildman–Crippen MR) is 73.7 cm³/mol. The molecule has 0 unspecified atom stereocenters. The van der Waals surface area contributed by atoms with Crippen LogP contribution in [0, 0.1) is 6.92 Å². The highest BCUT2D eigenvalue weighted by Crippen LogP contribution is 2.22. The maximum atomic E-state index is 5.49. The third-order valence-electron chi connectivity index (χ3n) is 2.87. The summed E-state index contributed by atoms with van der Waals surface area (Å²) < 4.78 is 5.49. The summed E-state index contributed by atoms with van der Waals surface area (Å²) >= 11 is 0. The molecule has 0 spiro atoms. The molecule has 0 aromatic carbocycles. The lowest BCUT2D eigenvalue weighted by Crippen LogP contribution is -2.11. The van der Waals surface area contributed by atoms with Gasteiger partial charge in [-0.15, -0.1) is 0 Å². The van der Waals surface area contributed by atoms with Gasteiger partial charge >= 0.3 is 0 Å². The van der Waals surface area contributed by atoms with Crippen molar-refractivity contribution in [3.05, 3.63) is 47.5 Å². The van der Waals surface area contributed by atoms with E-state index >= 15 is 0 Å². The SMILES string of the molecule is Cc1ccc(CNc2ccc(C(C)(C)C)cn2)o1. The summed E-state index contributed by atoms with van der Waals surface area (Å²) in [7, 11) is 0. The number of hydrogen-bond donors (Lipinski definition) is 1. The maximum Gasteiger partial charge on any atom is 0.126 e. The molecule has 1 N–H and O–H groups in total. The van der Waals surface area contributed by atoms with Gasteiger partial charge in [-0.3, -0.25) is 0 Å². The minimum absolute atomic E-state index is 0.143. The van der Waals surface area contributed by atoms with Gasteiger partial charge in [0, 0.05) is 6.20 Å². The zero-order valence-corrected chi connectivity index (χ0v) is 11.4. The van der Waals surface area contributed by atoms with E-state index in [-0.39, 0.29) is 5.41 Å². The second-order valence-corrected chi connectivity index (χ2v) is 5.55. The average molecular weight is 244 g/mol. The van der Waals surface area contributed by atoms with Gasteiger partial charge in [-0.25, -0.2) is 4.98 Å². The summed E-state index contributed by atoms with van der Waals surface area (Å²) in [5.74, 6) is 2.73. The van der Waals surface area contributed by atoms with E-state index in [0.29, 0.717) is 6.54 Å². The van der Waals surface area contributed by atoms with Crippen LogP contribution < -0.4 is 5.32 Å². The number of hydrogen-bond acceptors (Lipinski definition) is 3. The Morgan fingerprint density at radius 3 is 2.44 bits per heavy atom. The van der Waals surface area contributed by atoms with Crippen LogP contribution in [0.4, 0.5) is 5.82 Å². The first kappa shape index (κ1) is 12.7. The average Bonchev–Trinajstić information content (AvgIpc) is 2.72. The standard InChI is InChI=1S/C15H20N2O/c1-11-5-7-13(18-11)10-17-14-8-6-12(9-16-14)15(2,3)4/h5-9H,10H2,1-4H3,(H,16,17). The summed E-state index contributed by atoms with van der Waals surface area (Å²) in [5, 5.41) is 3.25. The van der Waals surface area contributed by atoms with Gasteiger partial charge < -0.3 is 9.73 Å². The van der Waals surface area contributed by atoms with E-state index in [1.165, 1.54) is 5.56 Å². The van der Waals surface area contributed by atoms with Crippen LogP contribution in [-0.2, 0) is 12.0 Å². The summed E-state index contributed by atoms with van der Waals surface area (Å²) in [5.41, 5.74) is 1.38. The van der Waals surface area contributed by atoms with Gasteiger partial charge in [0.1, 0.15) is 17.3 Å². The van der Waals surface area contributed by atoms with E-state index in [9.17, 15) is 0 Å². The van der Waals surface area contributed by atoms with Crippen molar-refractivity contribution >= 4 is 5.82 Å². The van der Waals surface area contributed by atoms with Crippen molar-refractivity contribution in [2.45, 2.75) is 39.7 Å². The van der Waals surface area contributed by atoms with Gasteiger partial charge in [-0.05, 0) is 36.1 Å². The molecule has 2 aromatic rings. The van der Waals surface area contributed by atoms with E-state index in [0.717, 1.165) is 17.3 Å². The van der Waals surface area contributed by atoms with E-state index in [1.807, 2.05) is 31.3 Å². The number of pyridine rings is 1. The van der Waals surface area contributed by atoms with Crippen molar-refractivity contribution in [1.29, 1.82) is 0 Å². The number of aryl methyl sites for hydroxylation is 1. The van der Waals surface area contributed by atoms with Crippen LogP contribution in [0.25, 0.3) is 0 Å². The molecular formula is C15H20N2O. The fourth-order valence-electron chi connectivity index (χ4n) is 1.70. The molecule has 2 heterocycles. The second-order valence-electron chi connectivity index (χ2n) is 5.55. The molecule has 0 saturated heterocycles. The smallest absolute Gasteiger partial charge is 0.126 e. The molecule has 0 bridgehead atoms. The Bertz CT molecular complexity index is 506. The van der Waals surface area contributed by atoms with Crippen molar-refractivity contribution in [3.63, 3.8) is 0 Å². The van der Waals surface area contributed by atoms with Gasteiger partial charge in [-0.1, -0.05) is 26.8 Å². The number of nitrogens with zero attached hydrogens (tertiary/aromatic N) is 1. The normalized spacial score (nSPS) is 11.6. The molecule has 0 radical (unpaired) electrons. The van der Waals surface area contributed by atoms with Crippen LogP contribution in [-0.4, -0.2) is 4.98 Å². The fraction of sp³-hybridized carbons (Fsp3) is 0.400. The first-order valence-corrected chi connectivity index (χ1v) is 6.21. The monoisotopic (exact) mass is 244 g/mol. The van der Waals surface area contributed by atoms with Crippen molar-refractivity contribution in [2.75, 3.05) is 5.32 Å². The molecule has 2 aromatic heterocycles. The van der Waals surface area contributed by atoms with Gasteiger partial charge in [0.2, 0.25) is 0 Å². The van der Waals surface area contributed by atoms with Crippen molar-refractivity contribution in [2.24, 2.45) is 0 Å². The van der Waals surface area contributed by atoms with E-state index in [1.54, 1.807) is 0 Å². The van der Waals surface area contributed by atoms with Gasteiger partial charge in [0.05, 0.1) is 6.54 Å². The van der Waals surface area contributed by atoms with E-state index in [4.69, 9.17) is 4.42 Å². The Morgan fingerprint density at radius 1 is 1.17 bits per heavy atom. The Labute approximate surface area is 108 Å². The molecule has 0 atom stereocenters. The molecule has 0 amide bonds. The molecule has 3 nitrogen and oxygen atoms in total. The summed E-state index contributed by atoms with van der Waals surface area (Å²) in [6.45, 7) is 9.16. The highest BCUT2D eigenvalue weighted by atomic mass is 16.3. The Morgan fingerprint density at radius 2 is 1.94 bits per heavy atom. The van der Waals surface area contributed by atoms with E-state index in [2.05, 4.69) is 37.1 Å². The molecule has 0 fully saturated rings. The second kappa shape index (κ2) is 4.84. The van der Waals surface area contributed by atoms with Gasteiger partial charge in [-0.2, -0.15) is 0 Å². The first-order valence-electron chi connectivity index (χ1n) is 6.21. The van der Waals surface area contributed by atoms with Crippen LogP contribution in [0.2, 0.25) is 0 Å². The van der Waals surface area contributed by atoms with Gasteiger partial charge in [0.25, 0.3) is 0 Å². The van der Waals surface area contributed by atoms with Gasteiger partial charge in [0.15, 0.2) is 0 Å². The molecule has 0 aliphatic carbocycles. The fourth-order valence-corrected chi connectivity index (χ4v) is 1.70. The lowest BCUT2D eigenvalue weighted by atomic mass is 9.88. The molecular weight excluding hydrogens is 224 g/mol. The lowest BCUT2D eigenvalue weighted by Gasteiger charge is -2.18. The first-order chi connectivity index (χ1) is 8.45. The Kier molecular flexibility index (Phi) is 3.41. The summed E-state index contributed by atoms with van der Waals surface area (Å²) in [6, 6.07) is 8.07. The molecule has 0 aliphatic heterocycles. The van der Waals surface area contributed by atoms with Crippen LogP contribution in [0.15, 0.2) is 34.9 Å². The Balaban J connectivity index is 1.98. The maximum absolute atomic E-state index is 5.49. The zero-order chi connectivity index (χ0) is 13.2. The molecule has 2 rings (SSSR count). The lowest BCUT2D eigenvalue weighted by molar-refractivity contribution is 0.490. The number of furan rings is 1. The van der Waals surface area contributed by atoms with Crippen LogP contribution in [0.5, 0.6) is 0 Å². The number of nitrogens with one attached hydrogen (secondary N) is 1. The number of anilines is 1. The van der Waals surface area contributed by atoms with Crippen molar-refractivity contribution in [1.82, 2.24) is 4.98 Å². The zero-order valence-electron chi connectivity index (χ0n) is 11.4. The van der Waals surface area contributed by atoms with E-state index < -0.39 is 0 Å². The largest absolute Gasteiger partial charge is 0.465 e. The third kappa shape index (κ3) is 3.13. The van der Waals surface area contributed by atoms with Crippen LogP contribution in [0.1, 0.15) is 37.9 Å². The molecule has 18 heavy (non-hydrogen) atoms. The minimum Gasteiger partial charge on any atom is -0.465 e. The number of rotatable bonds is 3. The summed E-state index contributed by atoms with van der Waals surface area (Å²) in [6.07, 6.45) is 1.93. The Hall–Kier alpha value is -1.77. The topological polar surface area (TPSA) is 38.1 Å². The molecule has 96 valence electrons.